The molecular formula is C11H14N2O2. The van der Waals surface area contributed by atoms with Gasteiger partial charge in [-0.2, -0.15) is 0 Å². The van der Waals surface area contributed by atoms with E-state index in [2.05, 4.69) is 10.3 Å². The molecule has 2 rings (SSSR count). The Hall–Kier alpha value is -1.42. The number of carbonyl (C=O) groups is 1. The number of methoxy groups -OCH3 is 1. The molecular weight excluding hydrogens is 192 g/mol. The number of esters is 1. The van der Waals surface area contributed by atoms with Crippen LogP contribution < -0.4 is 5.32 Å². The van der Waals surface area contributed by atoms with Gasteiger partial charge in [-0.25, -0.2) is 0 Å². The van der Waals surface area contributed by atoms with Gasteiger partial charge < -0.3 is 10.1 Å². The predicted octanol–water partition coefficient (Wildman–Crippen LogP) is 0.750. The molecule has 1 aliphatic rings. The lowest BCUT2D eigenvalue weighted by molar-refractivity contribution is -0.142. The van der Waals surface area contributed by atoms with E-state index < -0.39 is 0 Å². The number of aryl methyl sites for hydroxylation is 1. The number of nitrogens with one attached hydrogen (secondary N) is 1. The minimum atomic E-state index is -0.216. The normalized spacial score (nSPS) is 19.5. The van der Waals surface area contributed by atoms with Crippen LogP contribution in [0.25, 0.3) is 0 Å². The van der Waals surface area contributed by atoms with E-state index in [1.165, 1.54) is 7.11 Å². The van der Waals surface area contributed by atoms with E-state index in [1.54, 1.807) is 6.20 Å². The van der Waals surface area contributed by atoms with E-state index in [9.17, 15) is 4.79 Å². The van der Waals surface area contributed by atoms with E-state index in [0.29, 0.717) is 6.54 Å². The van der Waals surface area contributed by atoms with Gasteiger partial charge in [-0.15, -0.1) is 0 Å². The van der Waals surface area contributed by atoms with Crippen molar-refractivity contribution in [3.05, 3.63) is 29.1 Å². The van der Waals surface area contributed by atoms with Crippen molar-refractivity contribution in [1.29, 1.82) is 0 Å². The predicted molar refractivity (Wildman–Crippen MR) is 55.4 cm³/mol. The van der Waals surface area contributed by atoms with Crippen LogP contribution in [-0.4, -0.2) is 24.6 Å². The Morgan fingerprint density at radius 3 is 3.20 bits per heavy atom. The van der Waals surface area contributed by atoms with Crippen molar-refractivity contribution in [1.82, 2.24) is 10.3 Å². The van der Waals surface area contributed by atoms with Crippen LogP contribution in [-0.2, 0) is 16.1 Å². The topological polar surface area (TPSA) is 51.2 Å². The van der Waals surface area contributed by atoms with Crippen LogP contribution in [0.1, 0.15) is 22.7 Å². The summed E-state index contributed by atoms with van der Waals surface area (Å²) < 4.78 is 4.77. The van der Waals surface area contributed by atoms with Gasteiger partial charge in [0.05, 0.1) is 13.0 Å². The van der Waals surface area contributed by atoms with Gasteiger partial charge in [0.25, 0.3) is 0 Å². The molecule has 0 saturated carbocycles. The van der Waals surface area contributed by atoms with Crippen LogP contribution in [0.4, 0.5) is 0 Å². The Kier molecular flexibility index (Phi) is 2.68. The maximum Gasteiger partial charge on any atom is 0.314 e. The Morgan fingerprint density at radius 2 is 2.47 bits per heavy atom. The number of aromatic nitrogens is 1. The second-order valence-electron chi connectivity index (χ2n) is 3.73. The lowest BCUT2D eigenvalue weighted by Crippen LogP contribution is -2.33. The fourth-order valence-corrected chi connectivity index (χ4v) is 1.91. The molecule has 2 heterocycles. The molecule has 1 atom stereocenters. The van der Waals surface area contributed by atoms with Crippen LogP contribution in [0.3, 0.4) is 0 Å². The Morgan fingerprint density at radius 1 is 1.67 bits per heavy atom. The average molecular weight is 206 g/mol. The number of carbonyl (C=O) groups excluding carboxylic acids is 1. The minimum Gasteiger partial charge on any atom is -0.469 e. The number of ether oxygens (including phenoxy) is 1. The average Bonchev–Trinajstić information content (AvgIpc) is 2.26. The molecule has 80 valence electrons. The summed E-state index contributed by atoms with van der Waals surface area (Å²) in [6.45, 7) is 3.37. The van der Waals surface area contributed by atoms with Crippen molar-refractivity contribution in [2.45, 2.75) is 19.4 Å². The summed E-state index contributed by atoms with van der Waals surface area (Å²) in [4.78, 5) is 15.7. The maximum absolute atomic E-state index is 11.5. The number of pyridine rings is 1. The Balaban J connectivity index is 2.38. The van der Waals surface area contributed by atoms with Crippen LogP contribution in [0.5, 0.6) is 0 Å². The molecule has 1 unspecified atom stereocenters. The molecule has 0 bridgehead atoms. The highest BCUT2D eigenvalue weighted by Gasteiger charge is 2.27. The first-order chi connectivity index (χ1) is 7.22. The van der Waals surface area contributed by atoms with Gasteiger partial charge in [-0.1, -0.05) is 0 Å². The van der Waals surface area contributed by atoms with Crippen molar-refractivity contribution in [3.63, 3.8) is 0 Å². The first kappa shape index (κ1) is 10.1. The van der Waals surface area contributed by atoms with E-state index in [1.807, 2.05) is 13.0 Å². The molecule has 0 amide bonds. The van der Waals surface area contributed by atoms with Crippen LogP contribution in [0.2, 0.25) is 0 Å². The highest BCUT2D eigenvalue weighted by Crippen LogP contribution is 2.24. The minimum absolute atomic E-state index is 0.200. The van der Waals surface area contributed by atoms with Gasteiger partial charge in [-0.3, -0.25) is 9.78 Å². The summed E-state index contributed by atoms with van der Waals surface area (Å²) in [6, 6.07) is 2.01. The summed E-state index contributed by atoms with van der Waals surface area (Å²) in [6.07, 6.45) is 1.78. The van der Waals surface area contributed by atoms with E-state index in [4.69, 9.17) is 4.74 Å². The molecule has 15 heavy (non-hydrogen) atoms. The van der Waals surface area contributed by atoms with Gasteiger partial charge >= 0.3 is 5.97 Å². The lowest BCUT2D eigenvalue weighted by atomic mass is 9.92. The number of hydrogen-bond donors (Lipinski definition) is 1. The summed E-state index contributed by atoms with van der Waals surface area (Å²) in [5.74, 6) is -0.416. The molecule has 0 fully saturated rings. The smallest absolute Gasteiger partial charge is 0.314 e. The molecule has 0 aliphatic carbocycles. The van der Waals surface area contributed by atoms with Gasteiger partial charge in [0.15, 0.2) is 0 Å². The zero-order valence-electron chi connectivity index (χ0n) is 8.91. The standard InChI is InChI=1S/C11H14N2O2/c1-7-3-8-4-12-5-10(11(14)15-2)9(8)6-13-7/h3,6,10,12H,4-5H2,1-2H3. The van der Waals surface area contributed by atoms with Crippen molar-refractivity contribution in [3.8, 4) is 0 Å². The number of hydrogen-bond acceptors (Lipinski definition) is 4. The first-order valence-electron chi connectivity index (χ1n) is 4.96. The third kappa shape index (κ3) is 1.85. The second-order valence-corrected chi connectivity index (χ2v) is 3.73. The summed E-state index contributed by atoms with van der Waals surface area (Å²) in [7, 11) is 1.41. The van der Waals surface area contributed by atoms with Gasteiger partial charge in [0.2, 0.25) is 0 Å². The fraction of sp³-hybridized carbons (Fsp3) is 0.455. The molecule has 1 aromatic rings. The molecule has 4 heteroatoms. The van der Waals surface area contributed by atoms with E-state index in [0.717, 1.165) is 23.4 Å². The zero-order chi connectivity index (χ0) is 10.8. The van der Waals surface area contributed by atoms with Gasteiger partial charge in [0, 0.05) is 25.0 Å². The van der Waals surface area contributed by atoms with Gasteiger partial charge in [0.1, 0.15) is 0 Å². The summed E-state index contributed by atoms with van der Waals surface area (Å²) in [5, 5.41) is 3.20. The van der Waals surface area contributed by atoms with E-state index in [-0.39, 0.29) is 11.9 Å². The zero-order valence-corrected chi connectivity index (χ0v) is 8.91. The highest BCUT2D eigenvalue weighted by atomic mass is 16.5. The van der Waals surface area contributed by atoms with Crippen LogP contribution in [0.15, 0.2) is 12.3 Å². The second kappa shape index (κ2) is 3.98. The maximum atomic E-state index is 11.5. The van der Waals surface area contributed by atoms with Crippen LogP contribution in [0, 0.1) is 6.92 Å². The summed E-state index contributed by atoms with van der Waals surface area (Å²) >= 11 is 0. The van der Waals surface area contributed by atoms with Gasteiger partial charge in [-0.05, 0) is 24.1 Å². The van der Waals surface area contributed by atoms with Crippen molar-refractivity contribution in [2.24, 2.45) is 0 Å². The molecule has 0 saturated heterocycles. The Labute approximate surface area is 88.7 Å². The molecule has 0 spiro atoms. The molecule has 1 aromatic heterocycles. The first-order valence-corrected chi connectivity index (χ1v) is 4.96. The number of nitrogens with zero attached hydrogens (tertiary/aromatic N) is 1. The van der Waals surface area contributed by atoms with E-state index >= 15 is 0 Å². The quantitative estimate of drug-likeness (QED) is 0.689. The summed E-state index contributed by atoms with van der Waals surface area (Å²) in [5.41, 5.74) is 3.11. The van der Waals surface area contributed by atoms with Crippen molar-refractivity contribution >= 4 is 5.97 Å². The third-order valence-electron chi connectivity index (χ3n) is 2.69. The van der Waals surface area contributed by atoms with Crippen molar-refractivity contribution in [2.75, 3.05) is 13.7 Å². The molecule has 1 aliphatic heterocycles. The Bertz CT molecular complexity index is 390. The SMILES string of the molecule is COC(=O)C1CNCc2cc(C)ncc21. The highest BCUT2D eigenvalue weighted by molar-refractivity contribution is 5.79. The molecule has 4 nitrogen and oxygen atoms in total. The third-order valence-corrected chi connectivity index (χ3v) is 2.69. The number of rotatable bonds is 1. The van der Waals surface area contributed by atoms with Crippen molar-refractivity contribution < 1.29 is 9.53 Å². The van der Waals surface area contributed by atoms with Crippen LogP contribution >= 0.6 is 0 Å². The largest absolute Gasteiger partial charge is 0.469 e. The lowest BCUT2D eigenvalue weighted by Gasteiger charge is -2.24. The molecule has 1 N–H and O–H groups in total. The molecule has 0 radical (unpaired) electrons. The monoisotopic (exact) mass is 206 g/mol. The number of fused-ring (bicyclic) bond motifs is 1. The molecule has 0 aromatic carbocycles. The fourth-order valence-electron chi connectivity index (χ4n) is 1.91.